The Kier molecular flexibility index (Phi) is 4.22. The Hall–Kier alpha value is -1.64. The second-order valence-corrected chi connectivity index (χ2v) is 7.45. The van der Waals surface area contributed by atoms with Crippen LogP contribution in [0.25, 0.3) is 11.0 Å². The molecule has 21 heavy (non-hydrogen) atoms. The normalized spacial score (nSPS) is 14.0. The molecule has 116 valence electrons. The predicted octanol–water partition coefficient (Wildman–Crippen LogP) is 0.563. The molecule has 0 saturated heterocycles. The van der Waals surface area contributed by atoms with E-state index >= 15 is 0 Å². The zero-order chi connectivity index (χ0) is 15.8. The van der Waals surface area contributed by atoms with Crippen LogP contribution in [-0.2, 0) is 16.6 Å². The minimum atomic E-state index is -3.32. The van der Waals surface area contributed by atoms with Gasteiger partial charge in [-0.25, -0.2) is 17.7 Å². The van der Waals surface area contributed by atoms with E-state index in [9.17, 15) is 13.5 Å². The van der Waals surface area contributed by atoms with E-state index in [1.54, 1.807) is 29.7 Å². The number of imidazole rings is 1. The number of aromatic nitrogens is 2. The van der Waals surface area contributed by atoms with Crippen LogP contribution in [0.4, 0.5) is 5.69 Å². The lowest BCUT2D eigenvalue weighted by molar-refractivity contribution is 0.185. The molecular formula is C13H20N4O3S. The first-order valence-corrected chi connectivity index (χ1v) is 8.17. The molecule has 8 heteroatoms. The van der Waals surface area contributed by atoms with Crippen molar-refractivity contribution in [2.75, 3.05) is 25.6 Å². The van der Waals surface area contributed by atoms with Crippen molar-refractivity contribution in [1.82, 2.24) is 13.9 Å². The van der Waals surface area contributed by atoms with Crippen LogP contribution in [0.2, 0.25) is 0 Å². The highest BCUT2D eigenvalue weighted by Crippen LogP contribution is 2.23. The molecule has 0 bridgehead atoms. The van der Waals surface area contributed by atoms with Crippen LogP contribution in [-0.4, -0.2) is 47.2 Å². The number of aryl methyl sites for hydroxylation is 1. The maximum absolute atomic E-state index is 11.9. The molecule has 0 radical (unpaired) electrons. The molecule has 7 nitrogen and oxygen atoms in total. The predicted molar refractivity (Wildman–Crippen MR) is 82.3 cm³/mol. The third-order valence-corrected chi connectivity index (χ3v) is 5.12. The second-order valence-electron chi connectivity index (χ2n) is 5.14. The van der Waals surface area contributed by atoms with E-state index in [0.717, 1.165) is 5.52 Å². The maximum atomic E-state index is 11.9. The summed E-state index contributed by atoms with van der Waals surface area (Å²) in [6, 6.07) is 5.22. The molecule has 0 spiro atoms. The summed E-state index contributed by atoms with van der Waals surface area (Å²) < 4.78 is 26.7. The molecule has 1 heterocycles. The first-order chi connectivity index (χ1) is 9.72. The molecule has 3 N–H and O–H groups in total. The van der Waals surface area contributed by atoms with E-state index < -0.39 is 16.1 Å². The molecule has 1 atom stereocenters. The van der Waals surface area contributed by atoms with Crippen molar-refractivity contribution >= 4 is 26.7 Å². The van der Waals surface area contributed by atoms with Crippen LogP contribution in [0.3, 0.4) is 0 Å². The number of nitrogens with two attached hydrogens (primary N) is 1. The van der Waals surface area contributed by atoms with E-state index in [0.29, 0.717) is 17.0 Å². The summed E-state index contributed by atoms with van der Waals surface area (Å²) >= 11 is 0. The van der Waals surface area contributed by atoms with Crippen molar-refractivity contribution < 1.29 is 13.5 Å². The Labute approximate surface area is 124 Å². The Morgan fingerprint density at radius 1 is 1.43 bits per heavy atom. The Morgan fingerprint density at radius 2 is 2.10 bits per heavy atom. The van der Waals surface area contributed by atoms with Crippen LogP contribution in [0, 0.1) is 0 Å². The van der Waals surface area contributed by atoms with Gasteiger partial charge in [-0.15, -0.1) is 0 Å². The number of aliphatic hydroxyl groups excluding tert-OH is 1. The van der Waals surface area contributed by atoms with Crippen LogP contribution in [0.5, 0.6) is 0 Å². The second kappa shape index (κ2) is 5.63. The van der Waals surface area contributed by atoms with Gasteiger partial charge in [-0.1, -0.05) is 0 Å². The van der Waals surface area contributed by atoms with Crippen molar-refractivity contribution in [2.45, 2.75) is 19.6 Å². The average Bonchev–Trinajstić information content (AvgIpc) is 2.74. The third-order valence-electron chi connectivity index (χ3n) is 3.30. The van der Waals surface area contributed by atoms with Gasteiger partial charge in [-0.2, -0.15) is 0 Å². The van der Waals surface area contributed by atoms with Gasteiger partial charge in [0.2, 0.25) is 10.0 Å². The van der Waals surface area contributed by atoms with Crippen LogP contribution in [0.15, 0.2) is 18.2 Å². The van der Waals surface area contributed by atoms with Crippen molar-refractivity contribution in [3.8, 4) is 0 Å². The summed E-state index contributed by atoms with van der Waals surface area (Å²) in [4.78, 5) is 4.34. The summed E-state index contributed by atoms with van der Waals surface area (Å²) in [6.07, 6.45) is -0.791. The molecule has 1 unspecified atom stereocenters. The van der Waals surface area contributed by atoms with Gasteiger partial charge in [0.25, 0.3) is 0 Å². The van der Waals surface area contributed by atoms with Crippen LogP contribution < -0.4 is 5.73 Å². The first kappa shape index (κ1) is 15.7. The number of hydrogen-bond donors (Lipinski definition) is 2. The number of fused-ring (bicyclic) bond motifs is 1. The van der Waals surface area contributed by atoms with Crippen molar-refractivity contribution in [3.05, 3.63) is 24.0 Å². The number of benzene rings is 1. The molecule has 0 amide bonds. The van der Waals surface area contributed by atoms with Crippen molar-refractivity contribution in [3.63, 3.8) is 0 Å². The van der Waals surface area contributed by atoms with Gasteiger partial charge in [0.15, 0.2) is 0 Å². The minimum Gasteiger partial charge on any atom is -0.399 e. The van der Waals surface area contributed by atoms with E-state index in [2.05, 4.69) is 4.98 Å². The monoisotopic (exact) mass is 312 g/mol. The van der Waals surface area contributed by atoms with Gasteiger partial charge in [0.1, 0.15) is 11.9 Å². The van der Waals surface area contributed by atoms with E-state index in [4.69, 9.17) is 5.73 Å². The standard InChI is InChI=1S/C13H20N4O3S/c1-9(18)13-15-11-8-10(14)4-5-12(11)17(13)6-7-21(19,20)16(2)3/h4-5,8-9,18H,6-7,14H2,1-3H3. The number of aliphatic hydroxyl groups is 1. The molecule has 0 saturated carbocycles. The molecule has 0 aliphatic rings. The molecule has 0 aliphatic carbocycles. The van der Waals surface area contributed by atoms with Crippen LogP contribution in [0.1, 0.15) is 18.9 Å². The lowest BCUT2D eigenvalue weighted by Gasteiger charge is -2.14. The third kappa shape index (κ3) is 3.17. The molecule has 2 rings (SSSR count). The number of sulfonamides is 1. The summed E-state index contributed by atoms with van der Waals surface area (Å²) in [7, 11) is -0.320. The van der Waals surface area contributed by atoms with Crippen LogP contribution >= 0.6 is 0 Å². The molecule has 1 aromatic heterocycles. The van der Waals surface area contributed by atoms with E-state index in [-0.39, 0.29) is 12.3 Å². The minimum absolute atomic E-state index is 0.0600. The number of nitrogens with zero attached hydrogens (tertiary/aromatic N) is 3. The Morgan fingerprint density at radius 3 is 2.67 bits per heavy atom. The van der Waals surface area contributed by atoms with Gasteiger partial charge in [-0.05, 0) is 25.1 Å². The number of nitrogen functional groups attached to an aromatic ring is 1. The highest BCUT2D eigenvalue weighted by molar-refractivity contribution is 7.89. The topological polar surface area (TPSA) is 101 Å². The zero-order valence-electron chi connectivity index (χ0n) is 12.3. The van der Waals surface area contributed by atoms with E-state index in [1.807, 2.05) is 0 Å². The van der Waals surface area contributed by atoms with Crippen molar-refractivity contribution in [1.29, 1.82) is 0 Å². The lowest BCUT2D eigenvalue weighted by Crippen LogP contribution is -2.27. The number of anilines is 1. The Balaban J connectivity index is 2.44. The molecule has 0 aliphatic heterocycles. The molecular weight excluding hydrogens is 292 g/mol. The van der Waals surface area contributed by atoms with Gasteiger partial charge < -0.3 is 15.4 Å². The summed E-state index contributed by atoms with van der Waals surface area (Å²) in [5.74, 6) is 0.375. The lowest BCUT2D eigenvalue weighted by atomic mass is 10.3. The summed E-state index contributed by atoms with van der Waals surface area (Å²) in [5.41, 5.74) is 7.71. The van der Waals surface area contributed by atoms with Gasteiger partial charge in [0, 0.05) is 26.3 Å². The summed E-state index contributed by atoms with van der Waals surface area (Å²) in [6.45, 7) is 1.82. The SMILES string of the molecule is CC(O)c1nc2cc(N)ccc2n1CCS(=O)(=O)N(C)C. The smallest absolute Gasteiger partial charge is 0.215 e. The highest BCUT2D eigenvalue weighted by atomic mass is 32.2. The Bertz CT molecular complexity index is 750. The fourth-order valence-electron chi connectivity index (χ4n) is 2.11. The summed E-state index contributed by atoms with van der Waals surface area (Å²) in [5, 5.41) is 9.84. The average molecular weight is 312 g/mol. The maximum Gasteiger partial charge on any atom is 0.215 e. The van der Waals surface area contributed by atoms with E-state index in [1.165, 1.54) is 18.4 Å². The first-order valence-electron chi connectivity index (χ1n) is 6.56. The van der Waals surface area contributed by atoms with Gasteiger partial charge in [0.05, 0.1) is 16.8 Å². The quantitative estimate of drug-likeness (QED) is 0.786. The number of hydrogen-bond acceptors (Lipinski definition) is 5. The fraction of sp³-hybridized carbons (Fsp3) is 0.462. The zero-order valence-corrected chi connectivity index (χ0v) is 13.1. The molecule has 2 aromatic rings. The van der Waals surface area contributed by atoms with Crippen molar-refractivity contribution in [2.24, 2.45) is 0 Å². The van der Waals surface area contributed by atoms with Gasteiger partial charge >= 0.3 is 0 Å². The van der Waals surface area contributed by atoms with Gasteiger partial charge in [-0.3, -0.25) is 0 Å². The molecule has 0 fully saturated rings. The fourth-order valence-corrected chi connectivity index (χ4v) is 2.89. The largest absolute Gasteiger partial charge is 0.399 e. The molecule has 1 aromatic carbocycles. The number of rotatable bonds is 5. The highest BCUT2D eigenvalue weighted by Gasteiger charge is 2.19.